The summed E-state index contributed by atoms with van der Waals surface area (Å²) in [6.45, 7) is 12.7. The van der Waals surface area contributed by atoms with Gasteiger partial charge in [0.15, 0.2) is 0 Å². The predicted octanol–water partition coefficient (Wildman–Crippen LogP) is 5.21. The zero-order chi connectivity index (χ0) is 19.6. The molecule has 144 valence electrons. The molecule has 0 amide bonds. The van der Waals surface area contributed by atoms with Crippen LogP contribution in [0, 0.1) is 0 Å². The highest BCUT2D eigenvalue weighted by molar-refractivity contribution is 5.74. The Balaban J connectivity index is 1.67. The molecule has 0 atom stereocenters. The average Bonchev–Trinajstić information content (AvgIpc) is 2.66. The number of hydrogen-bond acceptors (Lipinski definition) is 4. The lowest BCUT2D eigenvalue weighted by molar-refractivity contribution is 0.451. The predicted molar refractivity (Wildman–Crippen MR) is 118 cm³/mol. The second kappa shape index (κ2) is 10.4. The van der Waals surface area contributed by atoms with Gasteiger partial charge in [-0.1, -0.05) is 37.8 Å². The fourth-order valence-electron chi connectivity index (χ4n) is 2.97. The minimum Gasteiger partial charge on any atom is -0.371 e. The molecule has 0 aliphatic carbocycles. The number of aliphatic imine (C=N–C) groups is 1. The molecule has 0 fully saturated rings. The first kappa shape index (κ1) is 20.6. The second-order valence-corrected chi connectivity index (χ2v) is 6.94. The number of rotatable bonds is 10. The molecular formula is C23H32N4. The Morgan fingerprint density at radius 2 is 1.89 bits per heavy atom. The summed E-state index contributed by atoms with van der Waals surface area (Å²) in [6, 6.07) is 8.63. The third kappa shape index (κ3) is 6.48. The summed E-state index contributed by atoms with van der Waals surface area (Å²) in [7, 11) is 2.03. The first-order chi connectivity index (χ1) is 13.0. The summed E-state index contributed by atoms with van der Waals surface area (Å²) in [5.74, 6) is 2.03. The van der Waals surface area contributed by atoms with Crippen LogP contribution in [0.2, 0.25) is 0 Å². The number of benzene rings is 1. The highest BCUT2D eigenvalue weighted by atomic mass is 15.3. The van der Waals surface area contributed by atoms with Gasteiger partial charge in [0.1, 0.15) is 11.6 Å². The number of anilines is 1. The van der Waals surface area contributed by atoms with Gasteiger partial charge in [0.05, 0.1) is 0 Å². The fraction of sp³-hybridized carbons (Fsp3) is 0.348. The van der Waals surface area contributed by atoms with Crippen LogP contribution < -0.4 is 10.6 Å². The molecule has 2 rings (SSSR count). The lowest BCUT2D eigenvalue weighted by Crippen LogP contribution is -2.30. The van der Waals surface area contributed by atoms with Gasteiger partial charge < -0.3 is 15.5 Å². The maximum Gasteiger partial charge on any atom is 0.136 e. The Bertz CT molecular complexity index is 738. The van der Waals surface area contributed by atoms with Gasteiger partial charge in [0, 0.05) is 31.2 Å². The Hall–Kier alpha value is -2.75. The van der Waals surface area contributed by atoms with Crippen molar-refractivity contribution in [1.82, 2.24) is 10.2 Å². The van der Waals surface area contributed by atoms with E-state index in [1.807, 2.05) is 39.3 Å². The van der Waals surface area contributed by atoms with Gasteiger partial charge in [0.2, 0.25) is 0 Å². The van der Waals surface area contributed by atoms with Crippen molar-refractivity contribution in [3.05, 3.63) is 78.1 Å². The Morgan fingerprint density at radius 1 is 1.15 bits per heavy atom. The summed E-state index contributed by atoms with van der Waals surface area (Å²) >= 11 is 0. The molecule has 0 unspecified atom stereocenters. The Kier molecular flexibility index (Phi) is 7.93. The van der Waals surface area contributed by atoms with Crippen LogP contribution in [-0.4, -0.2) is 24.7 Å². The number of unbranched alkanes of at least 4 members (excludes halogenated alkanes) is 2. The van der Waals surface area contributed by atoms with Gasteiger partial charge in [-0.25, -0.2) is 4.99 Å². The summed E-state index contributed by atoms with van der Waals surface area (Å²) in [4.78, 5) is 6.51. The smallest absolute Gasteiger partial charge is 0.136 e. The molecule has 0 radical (unpaired) electrons. The number of nitrogens with zero attached hydrogens (tertiary/aromatic N) is 2. The highest BCUT2D eigenvalue weighted by Crippen LogP contribution is 2.18. The summed E-state index contributed by atoms with van der Waals surface area (Å²) in [5.41, 5.74) is 4.52. The van der Waals surface area contributed by atoms with Crippen molar-refractivity contribution in [1.29, 1.82) is 0 Å². The van der Waals surface area contributed by atoms with Crippen LogP contribution in [0.1, 0.15) is 38.7 Å². The van der Waals surface area contributed by atoms with Gasteiger partial charge >= 0.3 is 0 Å². The van der Waals surface area contributed by atoms with Crippen LogP contribution in [0.25, 0.3) is 0 Å². The van der Waals surface area contributed by atoms with E-state index < -0.39 is 0 Å². The summed E-state index contributed by atoms with van der Waals surface area (Å²) in [5, 5.41) is 6.75. The summed E-state index contributed by atoms with van der Waals surface area (Å²) in [6.07, 6.45) is 10.4. The molecule has 27 heavy (non-hydrogen) atoms. The topological polar surface area (TPSA) is 39.7 Å². The third-order valence-electron chi connectivity index (χ3n) is 4.53. The zero-order valence-electron chi connectivity index (χ0n) is 16.9. The van der Waals surface area contributed by atoms with Crippen molar-refractivity contribution >= 4 is 11.9 Å². The zero-order valence-corrected chi connectivity index (χ0v) is 16.9. The normalized spacial score (nSPS) is 15.2. The molecule has 0 saturated heterocycles. The average molecular weight is 365 g/mol. The van der Waals surface area contributed by atoms with Gasteiger partial charge in [-0.3, -0.25) is 0 Å². The molecule has 4 heteroatoms. The molecule has 1 aromatic rings. The first-order valence-corrected chi connectivity index (χ1v) is 9.58. The molecule has 1 aromatic carbocycles. The van der Waals surface area contributed by atoms with Crippen LogP contribution in [0.15, 0.2) is 77.5 Å². The minimum atomic E-state index is 0.944. The number of nitrogens with one attached hydrogen (secondary N) is 2. The van der Waals surface area contributed by atoms with E-state index >= 15 is 0 Å². The lowest BCUT2D eigenvalue weighted by atomic mass is 10.1. The molecule has 2 N–H and O–H groups in total. The van der Waals surface area contributed by atoms with E-state index in [9.17, 15) is 0 Å². The van der Waals surface area contributed by atoms with E-state index in [2.05, 4.69) is 57.9 Å². The SMILES string of the molecule is C=C/C(C)=C1/N=CC=C(NCCCCCc2ccc(NC(=C)C)cc2)N1C. The van der Waals surface area contributed by atoms with Crippen molar-refractivity contribution in [2.45, 2.75) is 39.5 Å². The van der Waals surface area contributed by atoms with Gasteiger partial charge in [-0.2, -0.15) is 0 Å². The van der Waals surface area contributed by atoms with Crippen LogP contribution >= 0.6 is 0 Å². The second-order valence-electron chi connectivity index (χ2n) is 6.94. The van der Waals surface area contributed by atoms with Crippen molar-refractivity contribution < 1.29 is 0 Å². The van der Waals surface area contributed by atoms with Crippen LogP contribution in [0.3, 0.4) is 0 Å². The van der Waals surface area contributed by atoms with Crippen molar-refractivity contribution in [3.8, 4) is 0 Å². The number of hydrogen-bond donors (Lipinski definition) is 2. The molecule has 0 bridgehead atoms. The van der Waals surface area contributed by atoms with Crippen LogP contribution in [-0.2, 0) is 6.42 Å². The Morgan fingerprint density at radius 3 is 2.56 bits per heavy atom. The molecule has 0 spiro atoms. The molecule has 1 aliphatic rings. The van der Waals surface area contributed by atoms with Gasteiger partial charge in [-0.05, 0) is 62.5 Å². The molecule has 1 aliphatic heterocycles. The van der Waals surface area contributed by atoms with E-state index in [1.54, 1.807) is 0 Å². The number of aryl methyl sites for hydroxylation is 1. The quantitative estimate of drug-likeness (QED) is 0.560. The molecule has 4 nitrogen and oxygen atoms in total. The van der Waals surface area contributed by atoms with E-state index in [0.29, 0.717) is 0 Å². The van der Waals surface area contributed by atoms with Crippen LogP contribution in [0.4, 0.5) is 5.69 Å². The lowest BCUT2D eigenvalue weighted by Gasteiger charge is -2.27. The number of allylic oxidation sites excluding steroid dienone is 4. The molecule has 1 heterocycles. The largest absolute Gasteiger partial charge is 0.371 e. The monoisotopic (exact) mass is 364 g/mol. The molecule has 0 saturated carbocycles. The molecular weight excluding hydrogens is 332 g/mol. The fourth-order valence-corrected chi connectivity index (χ4v) is 2.97. The maximum absolute atomic E-state index is 4.43. The van der Waals surface area contributed by atoms with Gasteiger partial charge in [-0.15, -0.1) is 0 Å². The Labute approximate surface area is 164 Å². The highest BCUT2D eigenvalue weighted by Gasteiger charge is 2.13. The van der Waals surface area contributed by atoms with Crippen molar-refractivity contribution in [3.63, 3.8) is 0 Å². The van der Waals surface area contributed by atoms with E-state index in [1.165, 1.54) is 18.4 Å². The van der Waals surface area contributed by atoms with Crippen molar-refractivity contribution in [2.75, 3.05) is 18.9 Å². The van der Waals surface area contributed by atoms with E-state index in [-0.39, 0.29) is 0 Å². The van der Waals surface area contributed by atoms with E-state index in [4.69, 9.17) is 0 Å². The van der Waals surface area contributed by atoms with Crippen LogP contribution in [0.5, 0.6) is 0 Å². The van der Waals surface area contributed by atoms with E-state index in [0.717, 1.165) is 48.0 Å². The van der Waals surface area contributed by atoms with Crippen molar-refractivity contribution in [2.24, 2.45) is 4.99 Å². The maximum atomic E-state index is 4.43. The minimum absolute atomic E-state index is 0.944. The third-order valence-corrected chi connectivity index (χ3v) is 4.53. The first-order valence-electron chi connectivity index (χ1n) is 9.58. The summed E-state index contributed by atoms with van der Waals surface area (Å²) < 4.78 is 0. The standard InChI is InChI=1S/C23H32N4/c1-6-19(4)23-25-17-15-22(27(23)5)24-16-9-7-8-10-20-11-13-21(14-12-20)26-18(2)3/h6,11-15,17,24,26H,1-2,7-10,16H2,3-5H3/b23-19-. The molecule has 0 aromatic heterocycles. The van der Waals surface area contributed by atoms with Gasteiger partial charge in [0.25, 0.3) is 0 Å².